The Balaban J connectivity index is 0.000000207. The summed E-state index contributed by atoms with van der Waals surface area (Å²) in [5.41, 5.74) is 6.59. The van der Waals surface area contributed by atoms with E-state index in [1.54, 1.807) is 42.9 Å². The number of pyridine rings is 3. The van der Waals surface area contributed by atoms with Gasteiger partial charge in [-0.2, -0.15) is 0 Å². The van der Waals surface area contributed by atoms with E-state index in [9.17, 15) is 0 Å². The topological polar surface area (TPSA) is 51.8 Å². The smallest absolute Gasteiger partial charge is 0.130 e. The summed E-state index contributed by atoms with van der Waals surface area (Å²) in [6.45, 7) is 9.10. The molecule has 8 rings (SSSR count). The van der Waals surface area contributed by atoms with Crippen molar-refractivity contribution >= 4 is 32.7 Å². The van der Waals surface area contributed by atoms with Crippen LogP contribution in [0.4, 0.5) is 0 Å². The minimum absolute atomic E-state index is 0. The second-order valence-corrected chi connectivity index (χ2v) is 14.9. The maximum Gasteiger partial charge on any atom is 0.130 e. The number of fused-ring (bicyclic) bond motifs is 5. The molecular weight excluding hydrogens is 827 g/mol. The molecule has 0 saturated heterocycles. The summed E-state index contributed by atoms with van der Waals surface area (Å²) in [5.74, 6) is 0. The van der Waals surface area contributed by atoms with Crippen LogP contribution in [0, 0.1) is 29.8 Å². The third kappa shape index (κ3) is 8.99. The van der Waals surface area contributed by atoms with Crippen molar-refractivity contribution in [3.8, 4) is 33.6 Å². The Labute approximate surface area is 336 Å². The molecular formula is C48H45IrN3O-2. The van der Waals surface area contributed by atoms with Crippen molar-refractivity contribution in [3.63, 3.8) is 0 Å². The second-order valence-electron chi connectivity index (χ2n) is 14.9. The first-order valence-corrected chi connectivity index (χ1v) is 17.3. The normalized spacial score (nSPS) is 14.4. The Bertz CT molecular complexity index is 2790. The summed E-state index contributed by atoms with van der Waals surface area (Å²) in [6.07, 6.45) is 2.01. The Hall–Kier alpha value is -4.96. The first kappa shape index (κ1) is 29.5. The molecule has 0 bridgehead atoms. The zero-order valence-electron chi connectivity index (χ0n) is 37.6. The molecule has 0 spiro atoms. The third-order valence-electron chi connectivity index (χ3n) is 8.32. The number of hydrogen-bond donors (Lipinski definition) is 0. The van der Waals surface area contributed by atoms with Gasteiger partial charge >= 0.3 is 0 Å². The van der Waals surface area contributed by atoms with E-state index in [-0.39, 0.29) is 25.8 Å². The number of hydrogen-bond acceptors (Lipinski definition) is 4. The maximum absolute atomic E-state index is 8.64. The van der Waals surface area contributed by atoms with Crippen molar-refractivity contribution < 1.29 is 34.1 Å². The van der Waals surface area contributed by atoms with E-state index in [0.29, 0.717) is 33.6 Å². The molecule has 0 saturated carbocycles. The van der Waals surface area contributed by atoms with Crippen LogP contribution >= 0.6 is 0 Å². The predicted molar refractivity (Wildman–Crippen MR) is 216 cm³/mol. The Morgan fingerprint density at radius 1 is 0.642 bits per heavy atom. The van der Waals surface area contributed by atoms with Gasteiger partial charge < -0.3 is 14.4 Å². The van der Waals surface area contributed by atoms with Crippen LogP contribution in [0.1, 0.15) is 68.0 Å². The van der Waals surface area contributed by atoms with E-state index in [1.165, 1.54) is 0 Å². The quantitative estimate of drug-likeness (QED) is 0.162. The van der Waals surface area contributed by atoms with Crippen LogP contribution in [-0.2, 0) is 32.9 Å². The van der Waals surface area contributed by atoms with Crippen LogP contribution in [0.2, 0.25) is 0 Å². The molecule has 4 aromatic carbocycles. The average molecular weight is 879 g/mol. The van der Waals surface area contributed by atoms with E-state index in [4.69, 9.17) is 14.0 Å². The van der Waals surface area contributed by atoms with Crippen LogP contribution in [0.5, 0.6) is 0 Å². The molecule has 8 aromatic rings. The molecule has 0 fully saturated rings. The molecule has 0 aliphatic carbocycles. The molecule has 4 nitrogen and oxygen atoms in total. The van der Waals surface area contributed by atoms with Gasteiger partial charge in [-0.25, -0.2) is 0 Å². The fraction of sp³-hybridized carbons (Fsp3) is 0.229. The van der Waals surface area contributed by atoms with Gasteiger partial charge in [0, 0.05) is 64.8 Å². The van der Waals surface area contributed by atoms with Gasteiger partial charge in [0.2, 0.25) is 0 Å². The van der Waals surface area contributed by atoms with Gasteiger partial charge in [0.1, 0.15) is 5.58 Å². The Morgan fingerprint density at radius 2 is 1.38 bits per heavy atom. The second kappa shape index (κ2) is 15.6. The number of aromatic nitrogens is 3. The first-order valence-electron chi connectivity index (χ1n) is 20.8. The van der Waals surface area contributed by atoms with E-state index >= 15 is 0 Å². The summed E-state index contributed by atoms with van der Waals surface area (Å²) in [4.78, 5) is 13.1. The van der Waals surface area contributed by atoms with Crippen molar-refractivity contribution in [3.05, 3.63) is 151 Å². The molecule has 4 aromatic heterocycles. The molecule has 4 heterocycles. The molecule has 0 amide bonds. The molecule has 1 radical (unpaired) electrons. The summed E-state index contributed by atoms with van der Waals surface area (Å²) < 4.78 is 63.3. The van der Waals surface area contributed by atoms with Crippen LogP contribution in [0.25, 0.3) is 66.4 Å². The van der Waals surface area contributed by atoms with Gasteiger partial charge in [-0.15, -0.1) is 54.1 Å². The summed E-state index contributed by atoms with van der Waals surface area (Å²) >= 11 is 0. The summed E-state index contributed by atoms with van der Waals surface area (Å²) in [5, 5.41) is 3.20. The van der Waals surface area contributed by atoms with Crippen molar-refractivity contribution in [1.29, 1.82) is 0 Å². The zero-order valence-corrected chi connectivity index (χ0v) is 33.0. The number of rotatable bonds is 5. The van der Waals surface area contributed by atoms with Gasteiger partial charge in [-0.1, -0.05) is 107 Å². The van der Waals surface area contributed by atoms with Crippen molar-refractivity contribution in [2.45, 2.75) is 61.1 Å². The van der Waals surface area contributed by atoms with Crippen LogP contribution in [0.3, 0.4) is 0 Å². The summed E-state index contributed by atoms with van der Waals surface area (Å²) in [7, 11) is 0. The first-order chi connectivity index (χ1) is 27.7. The minimum Gasteiger partial charge on any atom is -0.500 e. The Morgan fingerprint density at radius 3 is 2.11 bits per heavy atom. The molecule has 5 heteroatoms. The predicted octanol–water partition coefficient (Wildman–Crippen LogP) is 12.7. The zero-order chi connectivity index (χ0) is 42.5. The molecule has 53 heavy (non-hydrogen) atoms. The minimum atomic E-state index is -2.28. The van der Waals surface area contributed by atoms with Crippen LogP contribution in [-0.4, -0.2) is 15.0 Å². The molecule has 0 unspecified atom stereocenters. The largest absolute Gasteiger partial charge is 0.500 e. The van der Waals surface area contributed by atoms with E-state index in [2.05, 4.69) is 27.1 Å². The molecule has 0 atom stereocenters. The monoisotopic (exact) mass is 879 g/mol. The van der Waals surface area contributed by atoms with Crippen LogP contribution in [0.15, 0.2) is 126 Å². The third-order valence-corrected chi connectivity index (χ3v) is 8.32. The number of nitrogens with zero attached hydrogens (tertiary/aromatic N) is 3. The van der Waals surface area contributed by atoms with Gasteiger partial charge in [0.15, 0.2) is 0 Å². The molecule has 0 N–H and O–H groups in total. The summed E-state index contributed by atoms with van der Waals surface area (Å²) in [6, 6.07) is 38.5. The van der Waals surface area contributed by atoms with Gasteiger partial charge in [0.05, 0.1) is 5.58 Å². The number of benzene rings is 4. The van der Waals surface area contributed by atoms with Gasteiger partial charge in [0.25, 0.3) is 0 Å². The van der Waals surface area contributed by atoms with E-state index in [0.717, 1.165) is 43.9 Å². The van der Waals surface area contributed by atoms with Crippen molar-refractivity contribution in [2.24, 2.45) is 10.8 Å². The molecule has 269 valence electrons. The van der Waals surface area contributed by atoms with E-state index < -0.39 is 30.4 Å². The standard InChI is InChI=1S/C26H23N2O.C22H22N.Ir/c1-16-12-18-8-9-20-19-6-5-7-21(24(19)29-25(20)22(18)15-28-16)23-13-17(10-11-27-23)14-26(2,3)4;1-22(2,3)16-17-9-11-18(12-10-17)20-13-14-23-21(15-20)19-7-5-4-6-8-19;/h5-6,8-13,15H,14H2,1-4H3;4-7,9-15H,16H2,1-3H3;/q2*-1;/i1D3,14D2;16D2;. The fourth-order valence-corrected chi connectivity index (χ4v) is 6.18. The number of aryl methyl sites for hydroxylation is 1. The van der Waals surface area contributed by atoms with E-state index in [1.807, 2.05) is 120 Å². The van der Waals surface area contributed by atoms with Gasteiger partial charge in [-0.05, 0) is 82.1 Å². The molecule has 0 aliphatic heterocycles. The average Bonchev–Trinajstić information content (AvgIpc) is 3.60. The SMILES string of the molecule is [2H]C([2H])([2H])c1cc2ccc3c4cc[c-]c(-c5cc(C([2H])([2H])C(C)(C)C)ccn5)c4oc3c2cn1.[2H]C([2H])(c1ccc(-c2ccnc(-c3[c-]cccc3)c2)cc1)C(C)(C)C.[Ir]. The maximum atomic E-state index is 8.64. The van der Waals surface area contributed by atoms with Crippen LogP contribution < -0.4 is 0 Å². The van der Waals surface area contributed by atoms with Gasteiger partial charge in [-0.3, -0.25) is 4.98 Å². The Kier molecular flexibility index (Phi) is 8.66. The molecule has 0 aliphatic rings. The number of furan rings is 1. The fourth-order valence-electron chi connectivity index (χ4n) is 6.18. The van der Waals surface area contributed by atoms with Crippen molar-refractivity contribution in [2.75, 3.05) is 0 Å². The van der Waals surface area contributed by atoms with Crippen molar-refractivity contribution in [1.82, 2.24) is 15.0 Å².